The Kier molecular flexibility index (Phi) is 5.52. The lowest BCUT2D eigenvalue weighted by atomic mass is 10.0. The van der Waals surface area contributed by atoms with Gasteiger partial charge in [0, 0.05) is 11.4 Å². The lowest BCUT2D eigenvalue weighted by Gasteiger charge is -2.12. The van der Waals surface area contributed by atoms with E-state index in [0.29, 0.717) is 17.8 Å². The van der Waals surface area contributed by atoms with E-state index in [2.05, 4.69) is 20.7 Å². The van der Waals surface area contributed by atoms with Crippen molar-refractivity contribution >= 4 is 34.0 Å². The molecule has 1 unspecified atom stereocenters. The topological polar surface area (TPSA) is 88.9 Å². The number of carbonyl (C=O) groups excluding carboxylic acids is 2. The number of hydrogen-bond donors (Lipinski definition) is 2. The minimum Gasteiger partial charge on any atom is -0.326 e. The monoisotopic (exact) mass is 399 g/mol. The number of rotatable bonds is 6. The number of nitrogens with zero attached hydrogens (tertiary/aromatic N) is 3. The molecule has 0 aliphatic heterocycles. The van der Waals surface area contributed by atoms with Crippen LogP contribution in [-0.4, -0.2) is 26.6 Å². The van der Waals surface area contributed by atoms with E-state index in [4.69, 9.17) is 0 Å². The highest BCUT2D eigenvalue weighted by Gasteiger charge is 2.15. The van der Waals surface area contributed by atoms with Gasteiger partial charge in [0.05, 0.1) is 6.42 Å². The van der Waals surface area contributed by atoms with Gasteiger partial charge in [-0.2, -0.15) is 5.10 Å². The standard InChI is InChI=1S/C23H21N5O2/c1-16(28-15-24-14-25-28)23(30)27-21-10-8-20(9-11-21)26-22(29)13-17-6-7-18-4-2-3-5-19(18)12-17/h2-12,14-16H,13H2,1H3,(H,26,29)(H,27,30). The van der Waals surface area contributed by atoms with Gasteiger partial charge in [0.2, 0.25) is 11.8 Å². The van der Waals surface area contributed by atoms with Gasteiger partial charge in [-0.1, -0.05) is 42.5 Å². The first-order chi connectivity index (χ1) is 14.6. The summed E-state index contributed by atoms with van der Waals surface area (Å²) in [4.78, 5) is 28.6. The minimum atomic E-state index is -0.478. The van der Waals surface area contributed by atoms with Crippen LogP contribution in [0.1, 0.15) is 18.5 Å². The van der Waals surface area contributed by atoms with Crippen LogP contribution in [0.5, 0.6) is 0 Å². The maximum Gasteiger partial charge on any atom is 0.249 e. The zero-order valence-electron chi connectivity index (χ0n) is 16.4. The SMILES string of the molecule is CC(C(=O)Nc1ccc(NC(=O)Cc2ccc3ccccc3c2)cc1)n1cncn1. The number of hydrogen-bond acceptors (Lipinski definition) is 4. The van der Waals surface area contributed by atoms with Crippen molar-refractivity contribution in [3.8, 4) is 0 Å². The summed E-state index contributed by atoms with van der Waals surface area (Å²) < 4.78 is 1.48. The Morgan fingerprint density at radius 3 is 2.33 bits per heavy atom. The molecule has 0 fully saturated rings. The largest absolute Gasteiger partial charge is 0.326 e. The van der Waals surface area contributed by atoms with Crippen molar-refractivity contribution in [2.45, 2.75) is 19.4 Å². The van der Waals surface area contributed by atoms with Crippen molar-refractivity contribution in [2.24, 2.45) is 0 Å². The molecule has 0 spiro atoms. The molecule has 150 valence electrons. The van der Waals surface area contributed by atoms with E-state index in [9.17, 15) is 9.59 Å². The molecule has 0 aliphatic rings. The number of carbonyl (C=O) groups is 2. The van der Waals surface area contributed by atoms with E-state index < -0.39 is 6.04 Å². The maximum absolute atomic E-state index is 12.4. The van der Waals surface area contributed by atoms with Crippen molar-refractivity contribution in [1.82, 2.24) is 14.8 Å². The normalized spacial score (nSPS) is 11.8. The molecule has 1 heterocycles. The van der Waals surface area contributed by atoms with Crippen molar-refractivity contribution in [2.75, 3.05) is 10.6 Å². The zero-order valence-corrected chi connectivity index (χ0v) is 16.4. The number of amides is 2. The predicted molar refractivity (Wildman–Crippen MR) is 116 cm³/mol. The molecule has 2 amide bonds. The second kappa shape index (κ2) is 8.57. The fourth-order valence-corrected chi connectivity index (χ4v) is 3.16. The molecule has 7 heteroatoms. The molecule has 0 aliphatic carbocycles. The van der Waals surface area contributed by atoms with Gasteiger partial charge in [-0.3, -0.25) is 9.59 Å². The van der Waals surface area contributed by atoms with Crippen LogP contribution in [0.15, 0.2) is 79.4 Å². The highest BCUT2D eigenvalue weighted by molar-refractivity contribution is 5.95. The molecular formula is C23H21N5O2. The Hall–Kier alpha value is -4.00. The van der Waals surface area contributed by atoms with Crippen molar-refractivity contribution < 1.29 is 9.59 Å². The molecule has 0 radical (unpaired) electrons. The van der Waals surface area contributed by atoms with Gasteiger partial charge in [0.25, 0.3) is 0 Å². The summed E-state index contributed by atoms with van der Waals surface area (Å²) in [6.45, 7) is 1.74. The molecular weight excluding hydrogens is 378 g/mol. The summed E-state index contributed by atoms with van der Waals surface area (Å²) in [6.07, 6.45) is 3.18. The van der Waals surface area contributed by atoms with Gasteiger partial charge in [0.1, 0.15) is 18.7 Å². The molecule has 1 aromatic heterocycles. The molecule has 0 bridgehead atoms. The first kappa shape index (κ1) is 19.3. The van der Waals surface area contributed by atoms with Crippen LogP contribution in [0.25, 0.3) is 10.8 Å². The van der Waals surface area contributed by atoms with Crippen molar-refractivity contribution in [3.63, 3.8) is 0 Å². The summed E-state index contributed by atoms with van der Waals surface area (Å²) in [5.41, 5.74) is 2.26. The van der Waals surface area contributed by atoms with Crippen LogP contribution in [0, 0.1) is 0 Å². The van der Waals surface area contributed by atoms with Gasteiger partial charge in [0.15, 0.2) is 0 Å². The van der Waals surface area contributed by atoms with Crippen LogP contribution in [0.2, 0.25) is 0 Å². The average molecular weight is 399 g/mol. The van der Waals surface area contributed by atoms with Gasteiger partial charge in [-0.05, 0) is 47.5 Å². The second-order valence-corrected chi connectivity index (χ2v) is 7.02. The summed E-state index contributed by atoms with van der Waals surface area (Å²) in [5, 5.41) is 12.0. The Morgan fingerprint density at radius 1 is 0.933 bits per heavy atom. The first-order valence-corrected chi connectivity index (χ1v) is 9.61. The first-order valence-electron chi connectivity index (χ1n) is 9.61. The number of anilines is 2. The van der Waals surface area contributed by atoms with Gasteiger partial charge >= 0.3 is 0 Å². The summed E-state index contributed by atoms with van der Waals surface area (Å²) >= 11 is 0. The third kappa shape index (κ3) is 4.52. The molecule has 0 saturated carbocycles. The minimum absolute atomic E-state index is 0.0955. The van der Waals surface area contributed by atoms with Crippen LogP contribution < -0.4 is 10.6 Å². The molecule has 3 aromatic carbocycles. The van der Waals surface area contributed by atoms with Crippen LogP contribution >= 0.6 is 0 Å². The van der Waals surface area contributed by atoms with E-state index in [1.807, 2.05) is 42.5 Å². The molecule has 7 nitrogen and oxygen atoms in total. The molecule has 2 N–H and O–H groups in total. The van der Waals surface area contributed by atoms with E-state index in [1.54, 1.807) is 31.2 Å². The summed E-state index contributed by atoms with van der Waals surface area (Å²) in [5.74, 6) is -0.296. The lowest BCUT2D eigenvalue weighted by molar-refractivity contribution is -0.119. The Morgan fingerprint density at radius 2 is 1.63 bits per heavy atom. The third-order valence-electron chi connectivity index (χ3n) is 4.83. The van der Waals surface area contributed by atoms with Gasteiger partial charge in [-0.25, -0.2) is 9.67 Å². The third-order valence-corrected chi connectivity index (χ3v) is 4.83. The van der Waals surface area contributed by atoms with Crippen LogP contribution in [-0.2, 0) is 16.0 Å². The van der Waals surface area contributed by atoms with Crippen molar-refractivity contribution in [3.05, 3.63) is 84.9 Å². The molecule has 0 saturated heterocycles. The predicted octanol–water partition coefficient (Wildman–Crippen LogP) is 3.81. The van der Waals surface area contributed by atoms with Crippen LogP contribution in [0.3, 0.4) is 0 Å². The molecule has 4 aromatic rings. The molecule has 1 atom stereocenters. The quantitative estimate of drug-likeness (QED) is 0.516. The average Bonchev–Trinajstić information content (AvgIpc) is 3.29. The highest BCUT2D eigenvalue weighted by atomic mass is 16.2. The smallest absolute Gasteiger partial charge is 0.249 e. The van der Waals surface area contributed by atoms with E-state index in [0.717, 1.165) is 16.3 Å². The van der Waals surface area contributed by atoms with Crippen LogP contribution in [0.4, 0.5) is 11.4 Å². The summed E-state index contributed by atoms with van der Waals surface area (Å²) in [6, 6.07) is 20.6. The van der Waals surface area contributed by atoms with Crippen molar-refractivity contribution in [1.29, 1.82) is 0 Å². The van der Waals surface area contributed by atoms with Gasteiger partial charge < -0.3 is 10.6 Å². The van der Waals surface area contributed by atoms with E-state index >= 15 is 0 Å². The van der Waals surface area contributed by atoms with E-state index in [-0.39, 0.29) is 11.8 Å². The zero-order chi connectivity index (χ0) is 20.9. The summed E-state index contributed by atoms with van der Waals surface area (Å²) in [7, 11) is 0. The Bertz CT molecular complexity index is 1170. The van der Waals surface area contributed by atoms with E-state index in [1.165, 1.54) is 17.3 Å². The maximum atomic E-state index is 12.4. The number of fused-ring (bicyclic) bond motifs is 1. The highest BCUT2D eigenvalue weighted by Crippen LogP contribution is 2.18. The Balaban J connectivity index is 1.34. The Labute approximate surface area is 173 Å². The second-order valence-electron chi connectivity index (χ2n) is 7.02. The number of aromatic nitrogens is 3. The fourth-order valence-electron chi connectivity index (χ4n) is 3.16. The number of benzene rings is 3. The number of nitrogens with one attached hydrogen (secondary N) is 2. The van der Waals surface area contributed by atoms with Gasteiger partial charge in [-0.15, -0.1) is 0 Å². The molecule has 4 rings (SSSR count). The molecule has 30 heavy (non-hydrogen) atoms. The lowest BCUT2D eigenvalue weighted by Crippen LogP contribution is -2.24. The fraction of sp³-hybridized carbons (Fsp3) is 0.130.